The van der Waals surface area contributed by atoms with Crippen LogP contribution in [0.15, 0.2) is 75.3 Å². The van der Waals surface area contributed by atoms with E-state index in [1.54, 1.807) is 24.3 Å². The van der Waals surface area contributed by atoms with Crippen molar-refractivity contribution >= 4 is 45.5 Å². The Labute approximate surface area is 186 Å². The number of imide groups is 1. The Hall–Kier alpha value is -3.65. The second-order valence-corrected chi connectivity index (χ2v) is 7.92. The summed E-state index contributed by atoms with van der Waals surface area (Å²) in [5.74, 6) is -0.0185. The highest BCUT2D eigenvalue weighted by molar-refractivity contribution is 9.10. The van der Waals surface area contributed by atoms with Crippen molar-refractivity contribution in [2.45, 2.75) is 6.92 Å². The Balaban J connectivity index is 1.45. The van der Waals surface area contributed by atoms with Crippen LogP contribution >= 0.6 is 15.9 Å². The Morgan fingerprint density at radius 3 is 2.65 bits per heavy atom. The summed E-state index contributed by atoms with van der Waals surface area (Å²) in [6, 6.07) is 17.7. The van der Waals surface area contributed by atoms with Crippen LogP contribution in [0, 0.1) is 6.92 Å². The molecule has 2 heterocycles. The monoisotopic (exact) mass is 479 g/mol. The van der Waals surface area contributed by atoms with Crippen LogP contribution in [0.3, 0.4) is 0 Å². The van der Waals surface area contributed by atoms with E-state index in [1.807, 2.05) is 43.3 Å². The second-order valence-electron chi connectivity index (χ2n) is 7.01. The summed E-state index contributed by atoms with van der Waals surface area (Å²) in [5, 5.41) is 5.18. The van der Waals surface area contributed by atoms with Gasteiger partial charge in [0.05, 0.1) is 0 Å². The zero-order valence-electron chi connectivity index (χ0n) is 16.5. The Morgan fingerprint density at radius 1 is 1.13 bits per heavy atom. The van der Waals surface area contributed by atoms with E-state index in [0.29, 0.717) is 17.2 Å². The molecule has 2 N–H and O–H groups in total. The molecule has 0 saturated carbocycles. The van der Waals surface area contributed by atoms with Crippen molar-refractivity contribution in [2.24, 2.45) is 0 Å². The van der Waals surface area contributed by atoms with Gasteiger partial charge in [0, 0.05) is 21.8 Å². The molecule has 156 valence electrons. The number of aryl methyl sites for hydroxylation is 1. The van der Waals surface area contributed by atoms with Gasteiger partial charge in [0.2, 0.25) is 5.91 Å². The Kier molecular flexibility index (Phi) is 5.73. The summed E-state index contributed by atoms with van der Waals surface area (Å²) in [7, 11) is 0. The van der Waals surface area contributed by atoms with Gasteiger partial charge in [0.1, 0.15) is 23.8 Å². The zero-order chi connectivity index (χ0) is 22.0. The molecule has 0 atom stereocenters. The third-order valence-electron chi connectivity index (χ3n) is 4.61. The summed E-state index contributed by atoms with van der Waals surface area (Å²) in [6.07, 6.45) is 1.45. The number of hydrogen-bond donors (Lipinski definition) is 2. The number of nitrogens with zero attached hydrogens (tertiary/aromatic N) is 1. The molecule has 1 aromatic heterocycles. The van der Waals surface area contributed by atoms with Gasteiger partial charge in [-0.1, -0.05) is 40.2 Å². The molecule has 0 aliphatic carbocycles. The van der Waals surface area contributed by atoms with Gasteiger partial charge in [-0.2, -0.15) is 0 Å². The molecule has 4 rings (SSSR count). The minimum absolute atomic E-state index is 0.0464. The zero-order valence-corrected chi connectivity index (χ0v) is 18.1. The number of rotatable bonds is 5. The molecule has 1 saturated heterocycles. The molecule has 3 aromatic rings. The first-order valence-corrected chi connectivity index (χ1v) is 10.3. The fourth-order valence-corrected chi connectivity index (χ4v) is 3.39. The van der Waals surface area contributed by atoms with E-state index in [0.717, 1.165) is 20.5 Å². The smallest absolute Gasteiger partial charge is 0.329 e. The van der Waals surface area contributed by atoms with Crippen LogP contribution in [0.1, 0.15) is 11.3 Å². The largest absolute Gasteiger partial charge is 0.457 e. The van der Waals surface area contributed by atoms with E-state index in [2.05, 4.69) is 26.6 Å². The summed E-state index contributed by atoms with van der Waals surface area (Å²) in [6.45, 7) is 1.51. The van der Waals surface area contributed by atoms with Crippen molar-refractivity contribution in [1.29, 1.82) is 0 Å². The standard InChI is InChI=1S/C23H18BrN3O4/c1-14-3-2-4-17(11-14)25-21(28)13-27-22(29)19(26-23(27)30)12-18-9-10-20(31-18)15-5-7-16(24)8-6-15/h2-12H,13H2,1H3,(H,25,28)(H,26,30)/b19-12-. The van der Waals surface area contributed by atoms with Crippen molar-refractivity contribution in [3.05, 3.63) is 82.2 Å². The van der Waals surface area contributed by atoms with Gasteiger partial charge in [-0.15, -0.1) is 0 Å². The maximum atomic E-state index is 12.6. The molecule has 0 spiro atoms. The Bertz CT molecular complexity index is 1200. The summed E-state index contributed by atoms with van der Waals surface area (Å²) >= 11 is 3.39. The minimum atomic E-state index is -0.657. The lowest BCUT2D eigenvalue weighted by molar-refractivity contribution is -0.127. The van der Waals surface area contributed by atoms with Crippen molar-refractivity contribution in [2.75, 3.05) is 11.9 Å². The number of urea groups is 1. The first-order valence-electron chi connectivity index (χ1n) is 9.46. The van der Waals surface area contributed by atoms with Gasteiger partial charge in [-0.3, -0.25) is 9.59 Å². The normalized spacial score (nSPS) is 14.8. The molecule has 1 aliphatic rings. The van der Waals surface area contributed by atoms with Gasteiger partial charge in [0.25, 0.3) is 5.91 Å². The van der Waals surface area contributed by atoms with Gasteiger partial charge in [-0.25, -0.2) is 9.69 Å². The van der Waals surface area contributed by atoms with E-state index in [-0.39, 0.29) is 5.70 Å². The fraction of sp³-hybridized carbons (Fsp3) is 0.0870. The number of benzene rings is 2. The highest BCUT2D eigenvalue weighted by Gasteiger charge is 2.35. The lowest BCUT2D eigenvalue weighted by Gasteiger charge is -2.12. The van der Waals surface area contributed by atoms with Crippen LogP contribution < -0.4 is 10.6 Å². The number of carbonyl (C=O) groups excluding carboxylic acids is 3. The number of amides is 4. The molecule has 2 aromatic carbocycles. The van der Waals surface area contributed by atoms with Gasteiger partial charge < -0.3 is 15.1 Å². The average Bonchev–Trinajstić information content (AvgIpc) is 3.29. The lowest BCUT2D eigenvalue weighted by atomic mass is 10.2. The molecule has 1 fully saturated rings. The molecule has 0 bridgehead atoms. The van der Waals surface area contributed by atoms with Gasteiger partial charge in [0.15, 0.2) is 0 Å². The molecular weight excluding hydrogens is 462 g/mol. The minimum Gasteiger partial charge on any atom is -0.457 e. The third-order valence-corrected chi connectivity index (χ3v) is 5.14. The molecule has 0 unspecified atom stereocenters. The van der Waals surface area contributed by atoms with Crippen LogP contribution in [-0.4, -0.2) is 29.3 Å². The number of anilines is 1. The lowest BCUT2D eigenvalue weighted by Crippen LogP contribution is -2.38. The first kappa shape index (κ1) is 20.6. The number of nitrogens with one attached hydrogen (secondary N) is 2. The van der Waals surface area contributed by atoms with Crippen LogP contribution in [0.25, 0.3) is 17.4 Å². The number of hydrogen-bond acceptors (Lipinski definition) is 4. The average molecular weight is 480 g/mol. The Morgan fingerprint density at radius 2 is 1.90 bits per heavy atom. The van der Waals surface area contributed by atoms with Crippen molar-refractivity contribution < 1.29 is 18.8 Å². The molecule has 8 heteroatoms. The first-order chi connectivity index (χ1) is 14.9. The highest BCUT2D eigenvalue weighted by atomic mass is 79.9. The molecular formula is C23H18BrN3O4. The van der Waals surface area contributed by atoms with Gasteiger partial charge >= 0.3 is 6.03 Å². The predicted molar refractivity (Wildman–Crippen MR) is 120 cm³/mol. The molecule has 7 nitrogen and oxygen atoms in total. The second kappa shape index (κ2) is 8.61. The predicted octanol–water partition coefficient (Wildman–Crippen LogP) is 4.55. The quantitative estimate of drug-likeness (QED) is 0.414. The van der Waals surface area contributed by atoms with Gasteiger partial charge in [-0.05, 0) is 48.9 Å². The van der Waals surface area contributed by atoms with Crippen LogP contribution in [0.4, 0.5) is 10.5 Å². The van der Waals surface area contributed by atoms with Crippen molar-refractivity contribution in [3.63, 3.8) is 0 Å². The maximum Gasteiger partial charge on any atom is 0.329 e. The molecule has 1 aliphatic heterocycles. The van der Waals surface area contributed by atoms with E-state index in [9.17, 15) is 14.4 Å². The highest BCUT2D eigenvalue weighted by Crippen LogP contribution is 2.25. The molecule has 0 radical (unpaired) electrons. The third kappa shape index (κ3) is 4.75. The van der Waals surface area contributed by atoms with Crippen molar-refractivity contribution in [1.82, 2.24) is 10.2 Å². The summed E-state index contributed by atoms with van der Waals surface area (Å²) in [4.78, 5) is 38.0. The van der Waals surface area contributed by atoms with Crippen molar-refractivity contribution in [3.8, 4) is 11.3 Å². The van der Waals surface area contributed by atoms with E-state index < -0.39 is 24.4 Å². The maximum absolute atomic E-state index is 12.6. The fourth-order valence-electron chi connectivity index (χ4n) is 3.12. The van der Waals surface area contributed by atoms with Crippen LogP contribution in [-0.2, 0) is 9.59 Å². The van der Waals surface area contributed by atoms with E-state index >= 15 is 0 Å². The summed E-state index contributed by atoms with van der Waals surface area (Å²) < 4.78 is 6.72. The topological polar surface area (TPSA) is 91.7 Å². The SMILES string of the molecule is Cc1cccc(NC(=O)CN2C(=O)N/C(=C\c3ccc(-c4ccc(Br)cc4)o3)C2=O)c1. The van der Waals surface area contributed by atoms with Crippen LogP contribution in [0.2, 0.25) is 0 Å². The number of halogens is 1. The van der Waals surface area contributed by atoms with E-state index in [4.69, 9.17) is 4.42 Å². The molecule has 4 amide bonds. The number of furan rings is 1. The van der Waals surface area contributed by atoms with E-state index in [1.165, 1.54) is 6.08 Å². The summed E-state index contributed by atoms with van der Waals surface area (Å²) in [5.41, 5.74) is 2.51. The number of carbonyl (C=O) groups is 3. The molecule has 31 heavy (non-hydrogen) atoms. The van der Waals surface area contributed by atoms with Crippen LogP contribution in [0.5, 0.6) is 0 Å².